The van der Waals surface area contributed by atoms with E-state index in [0.717, 1.165) is 33.9 Å². The minimum absolute atomic E-state index is 0.409. The second-order valence-corrected chi connectivity index (χ2v) is 7.45. The van der Waals surface area contributed by atoms with Gasteiger partial charge in [0.15, 0.2) is 0 Å². The number of imidazole rings is 1. The zero-order chi connectivity index (χ0) is 21.8. The Kier molecular flexibility index (Phi) is 5.58. The van der Waals surface area contributed by atoms with Gasteiger partial charge in [-0.1, -0.05) is 48.5 Å². The van der Waals surface area contributed by atoms with Crippen LogP contribution in [0.1, 0.15) is 18.2 Å². The second-order valence-electron chi connectivity index (χ2n) is 7.45. The summed E-state index contributed by atoms with van der Waals surface area (Å²) in [4.78, 5) is 4.72. The molecule has 2 aromatic carbocycles. The van der Waals surface area contributed by atoms with Crippen molar-refractivity contribution in [1.82, 2.24) is 19.2 Å². The molecule has 6 heteroatoms. The molecule has 0 aliphatic carbocycles. The molecule has 3 heterocycles. The summed E-state index contributed by atoms with van der Waals surface area (Å²) >= 11 is 0. The van der Waals surface area contributed by atoms with Crippen molar-refractivity contribution in [2.45, 2.75) is 20.1 Å². The fourth-order valence-electron chi connectivity index (χ4n) is 3.67. The molecule has 160 valence electrons. The topological polar surface area (TPSA) is 53.6 Å². The van der Waals surface area contributed by atoms with Crippen molar-refractivity contribution in [3.05, 3.63) is 103 Å². The Balaban J connectivity index is 1.25. The van der Waals surface area contributed by atoms with E-state index in [1.165, 1.54) is 0 Å². The number of aromatic nitrogens is 4. The van der Waals surface area contributed by atoms with Crippen LogP contribution in [0.4, 0.5) is 0 Å². The summed E-state index contributed by atoms with van der Waals surface area (Å²) in [7, 11) is 0. The van der Waals surface area contributed by atoms with Crippen molar-refractivity contribution >= 4 is 5.65 Å². The van der Waals surface area contributed by atoms with E-state index in [1.807, 2.05) is 72.5 Å². The monoisotopic (exact) mass is 424 g/mol. The summed E-state index contributed by atoms with van der Waals surface area (Å²) in [6.07, 6.45) is 3.96. The van der Waals surface area contributed by atoms with Crippen molar-refractivity contribution < 1.29 is 9.47 Å². The lowest BCUT2D eigenvalue weighted by Crippen LogP contribution is -2.01. The van der Waals surface area contributed by atoms with Gasteiger partial charge in [0.25, 0.3) is 0 Å². The average Bonchev–Trinajstić information content (AvgIpc) is 3.45. The maximum Gasteiger partial charge on any atom is 0.232 e. The molecule has 0 saturated carbocycles. The first kappa shape index (κ1) is 19.9. The molecule has 6 nitrogen and oxygen atoms in total. The zero-order valence-electron chi connectivity index (χ0n) is 17.9. The third kappa shape index (κ3) is 4.34. The highest BCUT2D eigenvalue weighted by atomic mass is 16.5. The second kappa shape index (κ2) is 8.98. The maximum atomic E-state index is 5.99. The molecule has 0 N–H and O–H groups in total. The molecular weight excluding hydrogens is 400 g/mol. The summed E-state index contributed by atoms with van der Waals surface area (Å²) in [5, 5.41) is 4.40. The van der Waals surface area contributed by atoms with Crippen LogP contribution in [-0.4, -0.2) is 25.8 Å². The summed E-state index contributed by atoms with van der Waals surface area (Å²) in [5.74, 6) is 1.46. The highest BCUT2D eigenvalue weighted by Crippen LogP contribution is 2.22. The molecule has 0 fully saturated rings. The molecular formula is C26H24N4O2. The van der Waals surface area contributed by atoms with E-state index in [9.17, 15) is 0 Å². The lowest BCUT2D eigenvalue weighted by molar-refractivity contribution is 0.302. The fourth-order valence-corrected chi connectivity index (χ4v) is 3.67. The molecule has 0 amide bonds. The first-order valence-corrected chi connectivity index (χ1v) is 10.7. The normalized spacial score (nSPS) is 11.0. The Bertz CT molecular complexity index is 1310. The number of ether oxygens (including phenoxy) is 2. The van der Waals surface area contributed by atoms with Gasteiger partial charge in [0.05, 0.1) is 24.5 Å². The lowest BCUT2D eigenvalue weighted by atomic mass is 10.1. The third-order valence-electron chi connectivity index (χ3n) is 5.17. The highest BCUT2D eigenvalue weighted by molar-refractivity contribution is 5.63. The van der Waals surface area contributed by atoms with Crippen LogP contribution in [0.5, 0.6) is 11.6 Å². The average molecular weight is 425 g/mol. The smallest absolute Gasteiger partial charge is 0.232 e. The molecule has 0 bridgehead atoms. The fraction of sp³-hybridized carbons (Fsp3) is 0.154. The van der Waals surface area contributed by atoms with E-state index in [2.05, 4.69) is 39.8 Å². The minimum Gasteiger partial charge on any atom is -0.487 e. The molecule has 0 saturated heterocycles. The van der Waals surface area contributed by atoms with Crippen LogP contribution < -0.4 is 9.47 Å². The number of pyridine rings is 1. The van der Waals surface area contributed by atoms with Crippen LogP contribution in [0.25, 0.3) is 16.9 Å². The van der Waals surface area contributed by atoms with E-state index in [4.69, 9.17) is 14.5 Å². The van der Waals surface area contributed by atoms with E-state index in [-0.39, 0.29) is 0 Å². The van der Waals surface area contributed by atoms with Gasteiger partial charge in [-0.25, -0.2) is 4.98 Å². The van der Waals surface area contributed by atoms with E-state index < -0.39 is 0 Å². The third-order valence-corrected chi connectivity index (χ3v) is 5.17. The van der Waals surface area contributed by atoms with E-state index >= 15 is 0 Å². The van der Waals surface area contributed by atoms with Crippen molar-refractivity contribution in [3.63, 3.8) is 0 Å². The number of fused-ring (bicyclic) bond motifs is 1. The molecule has 0 atom stereocenters. The number of benzene rings is 2. The van der Waals surface area contributed by atoms with Gasteiger partial charge < -0.3 is 9.47 Å². The summed E-state index contributed by atoms with van der Waals surface area (Å²) < 4.78 is 15.4. The van der Waals surface area contributed by atoms with Crippen LogP contribution in [0, 0.1) is 0 Å². The van der Waals surface area contributed by atoms with Crippen LogP contribution in [0.15, 0.2) is 91.3 Å². The predicted molar refractivity (Wildman–Crippen MR) is 124 cm³/mol. The highest BCUT2D eigenvalue weighted by Gasteiger charge is 2.08. The first-order valence-electron chi connectivity index (χ1n) is 10.7. The van der Waals surface area contributed by atoms with Crippen LogP contribution >= 0.6 is 0 Å². The summed E-state index contributed by atoms with van der Waals surface area (Å²) in [5.41, 5.74) is 5.20. The van der Waals surface area contributed by atoms with Gasteiger partial charge >= 0.3 is 0 Å². The largest absolute Gasteiger partial charge is 0.487 e. The molecule has 0 aliphatic rings. The molecule has 0 unspecified atom stereocenters. The van der Waals surface area contributed by atoms with Crippen LogP contribution in [0.3, 0.4) is 0 Å². The SMILES string of the molecule is CCOc1ccn(Cc2ccc(OCc3cn4c(-c5ccccc5)cccc4n3)cc2)n1. The van der Waals surface area contributed by atoms with E-state index in [1.54, 1.807) is 0 Å². The molecule has 5 aromatic rings. The predicted octanol–water partition coefficient (Wildman–Crippen LogP) is 5.22. The van der Waals surface area contributed by atoms with Gasteiger partial charge in [0.1, 0.15) is 18.0 Å². The van der Waals surface area contributed by atoms with Gasteiger partial charge in [-0.2, -0.15) is 0 Å². The van der Waals surface area contributed by atoms with Crippen molar-refractivity contribution in [2.24, 2.45) is 0 Å². The van der Waals surface area contributed by atoms with Gasteiger partial charge in [0.2, 0.25) is 5.88 Å². The number of rotatable bonds is 8. The summed E-state index contributed by atoms with van der Waals surface area (Å²) in [6.45, 7) is 3.66. The Labute approximate surface area is 186 Å². The standard InChI is InChI=1S/C26H24N4O2/c1-2-31-26-15-16-29(28-26)17-20-11-13-23(14-12-20)32-19-22-18-30-24(9-6-10-25(30)27-22)21-7-4-3-5-8-21/h3-16,18H,2,17,19H2,1H3. The molecule has 0 aliphatic heterocycles. The molecule has 32 heavy (non-hydrogen) atoms. The maximum absolute atomic E-state index is 5.99. The van der Waals surface area contributed by atoms with Crippen LogP contribution in [0.2, 0.25) is 0 Å². The van der Waals surface area contributed by atoms with Crippen LogP contribution in [-0.2, 0) is 13.2 Å². The zero-order valence-corrected chi connectivity index (χ0v) is 17.9. The van der Waals surface area contributed by atoms with Crippen molar-refractivity contribution in [3.8, 4) is 22.9 Å². The minimum atomic E-state index is 0.409. The first-order chi connectivity index (χ1) is 15.8. The number of nitrogens with zero attached hydrogens (tertiary/aromatic N) is 4. The Morgan fingerprint density at radius 2 is 1.69 bits per heavy atom. The van der Waals surface area contributed by atoms with Gasteiger partial charge in [0, 0.05) is 18.5 Å². The Hall–Kier alpha value is -4.06. The lowest BCUT2D eigenvalue weighted by Gasteiger charge is -2.06. The van der Waals surface area contributed by atoms with Crippen molar-refractivity contribution in [1.29, 1.82) is 0 Å². The van der Waals surface area contributed by atoms with E-state index in [0.29, 0.717) is 25.6 Å². The van der Waals surface area contributed by atoms with Gasteiger partial charge in [-0.05, 0) is 42.3 Å². The van der Waals surface area contributed by atoms with Crippen molar-refractivity contribution in [2.75, 3.05) is 6.61 Å². The quantitative estimate of drug-likeness (QED) is 0.343. The van der Waals surface area contributed by atoms with Gasteiger partial charge in [-0.15, -0.1) is 5.10 Å². The molecule has 5 rings (SSSR count). The Morgan fingerprint density at radius 3 is 2.50 bits per heavy atom. The number of hydrogen-bond donors (Lipinski definition) is 0. The molecule has 0 radical (unpaired) electrons. The van der Waals surface area contributed by atoms with Gasteiger partial charge in [-0.3, -0.25) is 9.08 Å². The summed E-state index contributed by atoms with van der Waals surface area (Å²) in [6, 6.07) is 26.4. The number of hydrogen-bond acceptors (Lipinski definition) is 4. The Morgan fingerprint density at radius 1 is 0.844 bits per heavy atom. The molecule has 3 aromatic heterocycles. The molecule has 0 spiro atoms.